The number of amides is 1. The van der Waals surface area contributed by atoms with E-state index in [9.17, 15) is 18.4 Å². The number of aryl methyl sites for hydroxylation is 1. The van der Waals surface area contributed by atoms with Crippen molar-refractivity contribution in [3.05, 3.63) is 35.9 Å². The molecule has 0 aromatic heterocycles. The molecule has 3 nitrogen and oxygen atoms in total. The zero-order valence-corrected chi connectivity index (χ0v) is 12.4. The summed E-state index contributed by atoms with van der Waals surface area (Å²) in [5.74, 6) is -6.49. The predicted octanol–water partition coefficient (Wildman–Crippen LogP) is 2.99. The number of carbonyl (C=O) groups is 2. The number of benzene rings is 1. The zero-order chi connectivity index (χ0) is 15.9. The van der Waals surface area contributed by atoms with Crippen LogP contribution in [0.3, 0.4) is 0 Å². The van der Waals surface area contributed by atoms with Gasteiger partial charge < -0.3 is 5.32 Å². The van der Waals surface area contributed by atoms with E-state index >= 15 is 0 Å². The monoisotopic (exact) mass is 297 g/mol. The fourth-order valence-electron chi connectivity index (χ4n) is 1.77. The molecule has 0 atom stereocenters. The van der Waals surface area contributed by atoms with Crippen molar-refractivity contribution in [2.75, 3.05) is 6.54 Å². The van der Waals surface area contributed by atoms with Crippen LogP contribution in [0.1, 0.15) is 32.3 Å². The van der Waals surface area contributed by atoms with Crippen LogP contribution in [-0.4, -0.2) is 24.2 Å². The third-order valence-electron chi connectivity index (χ3n) is 3.13. The van der Waals surface area contributed by atoms with Crippen LogP contribution in [-0.2, 0) is 16.0 Å². The Balaban J connectivity index is 2.48. The third-order valence-corrected chi connectivity index (χ3v) is 3.13. The van der Waals surface area contributed by atoms with Gasteiger partial charge in [0, 0.05) is 13.0 Å². The van der Waals surface area contributed by atoms with Crippen molar-refractivity contribution in [2.24, 2.45) is 5.92 Å². The molecule has 0 aliphatic carbocycles. The summed E-state index contributed by atoms with van der Waals surface area (Å²) in [5.41, 5.74) is 0.793. The molecule has 0 aliphatic rings. The minimum absolute atomic E-state index is 0.151. The normalized spacial score (nSPS) is 11.5. The summed E-state index contributed by atoms with van der Waals surface area (Å²) in [6.07, 6.45) is 0.448. The molecule has 1 aromatic carbocycles. The van der Waals surface area contributed by atoms with Crippen molar-refractivity contribution >= 4 is 11.7 Å². The van der Waals surface area contributed by atoms with E-state index in [1.165, 1.54) is 0 Å². The second-order valence-electron chi connectivity index (χ2n) is 5.42. The van der Waals surface area contributed by atoms with Crippen molar-refractivity contribution in [3.63, 3.8) is 0 Å². The van der Waals surface area contributed by atoms with Gasteiger partial charge in [-0.25, -0.2) is 0 Å². The van der Waals surface area contributed by atoms with Crippen molar-refractivity contribution in [2.45, 2.75) is 39.0 Å². The van der Waals surface area contributed by atoms with E-state index in [2.05, 4.69) is 5.32 Å². The highest BCUT2D eigenvalue weighted by Gasteiger charge is 2.45. The van der Waals surface area contributed by atoms with Gasteiger partial charge in [0.05, 0.1) is 0 Å². The predicted molar refractivity (Wildman–Crippen MR) is 77.2 cm³/mol. The Bertz CT molecular complexity index is 472. The minimum atomic E-state index is -3.95. The second kappa shape index (κ2) is 7.86. The van der Waals surface area contributed by atoms with Gasteiger partial charge in [-0.3, -0.25) is 9.59 Å². The average molecular weight is 297 g/mol. The van der Waals surface area contributed by atoms with Crippen molar-refractivity contribution in [1.29, 1.82) is 0 Å². The maximum atomic E-state index is 13.7. The third kappa shape index (κ3) is 5.61. The van der Waals surface area contributed by atoms with Gasteiger partial charge in [-0.1, -0.05) is 44.2 Å². The Morgan fingerprint density at radius 2 is 1.81 bits per heavy atom. The first-order chi connectivity index (χ1) is 9.84. The fraction of sp³-hybridized carbons (Fsp3) is 0.500. The van der Waals surface area contributed by atoms with Crippen LogP contribution in [0.15, 0.2) is 30.3 Å². The standard InChI is InChI=1S/C16H21F2NO2/c1-12(2)10-11-19-15(21)16(17,18)14(20)9-8-13-6-4-3-5-7-13/h3-7,12H,8-11H2,1-2H3,(H,19,21). The van der Waals surface area contributed by atoms with Gasteiger partial charge in [0.2, 0.25) is 5.78 Å². The van der Waals surface area contributed by atoms with Crippen molar-refractivity contribution in [1.82, 2.24) is 5.32 Å². The Morgan fingerprint density at radius 1 is 1.19 bits per heavy atom. The first kappa shape index (κ1) is 17.3. The Kier molecular flexibility index (Phi) is 6.46. The van der Waals surface area contributed by atoms with Gasteiger partial charge in [0.15, 0.2) is 0 Å². The number of hydrogen-bond donors (Lipinski definition) is 1. The average Bonchev–Trinajstić information content (AvgIpc) is 2.45. The van der Waals surface area contributed by atoms with E-state index in [1.807, 2.05) is 19.9 Å². The molecule has 0 radical (unpaired) electrons. The molecule has 1 aromatic rings. The van der Waals surface area contributed by atoms with E-state index < -0.39 is 17.6 Å². The molecule has 0 unspecified atom stereocenters. The second-order valence-corrected chi connectivity index (χ2v) is 5.42. The number of nitrogens with one attached hydrogen (secondary N) is 1. The highest BCUT2D eigenvalue weighted by atomic mass is 19.3. The van der Waals surface area contributed by atoms with Crippen LogP contribution in [0.25, 0.3) is 0 Å². The Morgan fingerprint density at radius 3 is 2.38 bits per heavy atom. The summed E-state index contributed by atoms with van der Waals surface area (Å²) in [5, 5.41) is 2.12. The molecule has 21 heavy (non-hydrogen) atoms. The molecule has 1 N–H and O–H groups in total. The highest BCUT2D eigenvalue weighted by molar-refractivity contribution is 6.07. The number of carbonyl (C=O) groups excluding carboxylic acids is 2. The number of ketones is 1. The molecule has 0 aliphatic heterocycles. The van der Waals surface area contributed by atoms with Gasteiger partial charge in [-0.05, 0) is 24.3 Å². The van der Waals surface area contributed by atoms with Gasteiger partial charge in [-0.2, -0.15) is 8.78 Å². The first-order valence-electron chi connectivity index (χ1n) is 7.07. The number of Topliss-reactive ketones (excluding diaryl/α,β-unsaturated/α-hetero) is 1. The van der Waals surface area contributed by atoms with Crippen molar-refractivity contribution in [3.8, 4) is 0 Å². The molecule has 5 heteroatoms. The highest BCUT2D eigenvalue weighted by Crippen LogP contribution is 2.18. The molecule has 116 valence electrons. The van der Waals surface area contributed by atoms with Crippen molar-refractivity contribution < 1.29 is 18.4 Å². The Hall–Kier alpha value is -1.78. The smallest absolute Gasteiger partial charge is 0.350 e. The molecular formula is C16H21F2NO2. The van der Waals surface area contributed by atoms with Gasteiger partial charge in [0.25, 0.3) is 5.91 Å². The number of halogens is 2. The summed E-state index contributed by atoms with van der Waals surface area (Å²) in [7, 11) is 0. The van der Waals surface area contributed by atoms with E-state index in [1.54, 1.807) is 24.3 Å². The number of hydrogen-bond acceptors (Lipinski definition) is 2. The summed E-state index contributed by atoms with van der Waals surface area (Å²) < 4.78 is 27.4. The molecule has 0 heterocycles. The minimum Gasteiger partial charge on any atom is -0.350 e. The number of rotatable bonds is 8. The van der Waals surface area contributed by atoms with Gasteiger partial charge in [0.1, 0.15) is 0 Å². The summed E-state index contributed by atoms with van der Waals surface area (Å²) in [6.45, 7) is 4.00. The van der Waals surface area contributed by atoms with Crippen LogP contribution in [0.2, 0.25) is 0 Å². The molecule has 0 spiro atoms. The quantitative estimate of drug-likeness (QED) is 0.750. The first-order valence-corrected chi connectivity index (χ1v) is 7.07. The maximum Gasteiger partial charge on any atom is 0.381 e. The molecule has 0 bridgehead atoms. The Labute approximate surface area is 123 Å². The molecule has 0 fully saturated rings. The summed E-state index contributed by atoms with van der Waals surface area (Å²) >= 11 is 0. The van der Waals surface area contributed by atoms with E-state index in [0.29, 0.717) is 12.3 Å². The topological polar surface area (TPSA) is 46.2 Å². The van der Waals surface area contributed by atoms with Gasteiger partial charge >= 0.3 is 5.92 Å². The summed E-state index contributed by atoms with van der Waals surface area (Å²) in [6, 6.07) is 8.87. The van der Waals surface area contributed by atoms with Crippen LogP contribution in [0.5, 0.6) is 0 Å². The van der Waals surface area contributed by atoms with Gasteiger partial charge in [-0.15, -0.1) is 0 Å². The van der Waals surface area contributed by atoms with E-state index in [-0.39, 0.29) is 19.4 Å². The SMILES string of the molecule is CC(C)CCNC(=O)C(F)(F)C(=O)CCc1ccccc1. The lowest BCUT2D eigenvalue weighted by molar-refractivity contribution is -0.158. The van der Waals surface area contributed by atoms with Crippen LogP contribution in [0.4, 0.5) is 8.78 Å². The lowest BCUT2D eigenvalue weighted by Crippen LogP contribution is -2.46. The molecule has 0 saturated carbocycles. The van der Waals surface area contributed by atoms with E-state index in [4.69, 9.17) is 0 Å². The lowest BCUT2D eigenvalue weighted by Gasteiger charge is -2.15. The molecule has 1 amide bonds. The van der Waals surface area contributed by atoms with E-state index in [0.717, 1.165) is 5.56 Å². The lowest BCUT2D eigenvalue weighted by atomic mass is 10.0. The number of alkyl halides is 2. The zero-order valence-electron chi connectivity index (χ0n) is 12.4. The van der Waals surface area contributed by atoms with Crippen LogP contribution >= 0.6 is 0 Å². The van der Waals surface area contributed by atoms with Crippen LogP contribution < -0.4 is 5.32 Å². The van der Waals surface area contributed by atoms with Crippen LogP contribution in [0, 0.1) is 5.92 Å². The largest absolute Gasteiger partial charge is 0.381 e. The summed E-state index contributed by atoms with van der Waals surface area (Å²) in [4.78, 5) is 23.0. The molecule has 1 rings (SSSR count). The molecular weight excluding hydrogens is 276 g/mol. The maximum absolute atomic E-state index is 13.7. The fourth-order valence-corrected chi connectivity index (χ4v) is 1.77. The molecule has 0 saturated heterocycles.